The van der Waals surface area contributed by atoms with E-state index in [-0.39, 0.29) is 23.6 Å². The summed E-state index contributed by atoms with van der Waals surface area (Å²) in [7, 11) is 6.90. The van der Waals surface area contributed by atoms with Crippen molar-refractivity contribution in [2.75, 3.05) is 54.4 Å². The molecule has 0 heterocycles. The first-order valence-electron chi connectivity index (χ1n) is 15.0. The van der Waals surface area contributed by atoms with Crippen LogP contribution >= 0.6 is 34.8 Å². The van der Waals surface area contributed by atoms with Gasteiger partial charge in [-0.25, -0.2) is 0 Å². The summed E-state index contributed by atoms with van der Waals surface area (Å²) in [5, 5.41) is 6.67. The fourth-order valence-corrected chi connectivity index (χ4v) is 3.02. The Labute approximate surface area is 288 Å². The van der Waals surface area contributed by atoms with E-state index in [1.807, 2.05) is 13.8 Å². The van der Waals surface area contributed by atoms with Crippen molar-refractivity contribution in [2.24, 2.45) is 0 Å². The average molecular weight is 688 g/mol. The molecule has 0 aliphatic heterocycles. The minimum absolute atomic E-state index is 0.0828. The number of carbonyl (C=O) groups is 4. The van der Waals surface area contributed by atoms with Crippen molar-refractivity contribution < 1.29 is 19.2 Å². The second kappa shape index (κ2) is 37.2. The van der Waals surface area contributed by atoms with Gasteiger partial charge in [0.15, 0.2) is 0 Å². The molecule has 0 fully saturated rings. The number of hydrogen-bond donors (Lipinski definition) is 0. The van der Waals surface area contributed by atoms with Crippen molar-refractivity contribution >= 4 is 58.4 Å². The van der Waals surface area contributed by atoms with Crippen LogP contribution in [0.3, 0.4) is 0 Å². The van der Waals surface area contributed by atoms with Crippen molar-refractivity contribution in [1.82, 2.24) is 19.6 Å². The van der Waals surface area contributed by atoms with Crippen LogP contribution in [0, 0.1) is 46.2 Å². The Morgan fingerprint density at radius 2 is 0.867 bits per heavy atom. The highest BCUT2D eigenvalue weighted by Crippen LogP contribution is 2.01. The molecule has 0 N–H and O–H groups in total. The highest BCUT2D eigenvalue weighted by molar-refractivity contribution is 6.30. The molecule has 0 rings (SSSR count). The Hall–Kier alpha value is -3.01. The number of rotatable bonds is 14. The number of carbonyl (C=O) groups excluding carboxylic acids is 4. The summed E-state index contributed by atoms with van der Waals surface area (Å²) in [6.07, 6.45) is 13.5. The third-order valence-electron chi connectivity index (χ3n) is 5.69. The second-order valence-corrected chi connectivity index (χ2v) is 10.2. The standard InChI is InChI=1S/C10H17NO.C9H14ClNO.C8H12ClNO.C7H10ClNO/c1-4-6-7-8-10(12)11(3)9-5-2;1-3-4-6-9(12)11(2)8-5-7-10;1-3-5-8(11)10(2)7-4-6-9;1-3-7(10)9(2)6-4-5-8/h2H,4,6-9H2,1,3H3;3-4,6,8H2,1-2H3;3,5,7H2,1-2H3;3,6H2,1-2H3. The van der Waals surface area contributed by atoms with Gasteiger partial charge in [-0.15, -0.1) is 6.42 Å². The van der Waals surface area contributed by atoms with E-state index in [1.165, 1.54) is 4.90 Å². The quantitative estimate of drug-likeness (QED) is 0.166. The number of terminal acetylenes is 1. The zero-order chi connectivity index (χ0) is 35.5. The normalized spacial score (nSPS) is 8.49. The van der Waals surface area contributed by atoms with Crippen molar-refractivity contribution in [3.05, 3.63) is 0 Å². The maximum absolute atomic E-state index is 11.2. The van der Waals surface area contributed by atoms with Crippen LogP contribution in [0.15, 0.2) is 0 Å². The van der Waals surface area contributed by atoms with Gasteiger partial charge in [-0.1, -0.05) is 70.6 Å². The van der Waals surface area contributed by atoms with Crippen LogP contribution in [-0.4, -0.2) is 97.6 Å². The summed E-state index contributed by atoms with van der Waals surface area (Å²) in [5.74, 6) is 10.8. The van der Waals surface area contributed by atoms with E-state index in [0.29, 0.717) is 51.9 Å². The van der Waals surface area contributed by atoms with Crippen LogP contribution in [-0.2, 0) is 19.2 Å². The molecular weight excluding hydrogens is 635 g/mol. The van der Waals surface area contributed by atoms with E-state index in [4.69, 9.17) is 41.2 Å². The molecule has 0 aromatic rings. The van der Waals surface area contributed by atoms with Crippen molar-refractivity contribution in [3.63, 3.8) is 0 Å². The van der Waals surface area contributed by atoms with Crippen LogP contribution in [0.25, 0.3) is 0 Å². The molecule has 0 unspecified atom stereocenters. The molecule has 0 atom stereocenters. The fourth-order valence-electron chi connectivity index (χ4n) is 2.85. The molecule has 0 aromatic heterocycles. The fraction of sp³-hybridized carbons (Fsp3) is 0.647. The molecule has 11 heteroatoms. The SMILES string of the molecule is C#CCN(C)C(=O)CCCCC.CCC(=O)N(C)CC#CCl.CCCC(=O)N(C)CC#CCl.CCCCC(=O)N(C)CC#CCl. The lowest BCUT2D eigenvalue weighted by atomic mass is 10.2. The zero-order valence-electron chi connectivity index (χ0n) is 28.5. The number of unbranched alkanes of at least 4 members (excludes halogenated alkanes) is 3. The minimum atomic E-state index is 0.0828. The van der Waals surface area contributed by atoms with Crippen LogP contribution in [0.4, 0.5) is 0 Å². The molecule has 8 nitrogen and oxygen atoms in total. The highest BCUT2D eigenvalue weighted by atomic mass is 35.5. The second-order valence-electron chi connectivity index (χ2n) is 9.68. The highest BCUT2D eigenvalue weighted by Gasteiger charge is 2.06. The Morgan fingerprint density at radius 3 is 1.20 bits per heavy atom. The van der Waals surface area contributed by atoms with Crippen LogP contribution in [0.1, 0.15) is 91.9 Å². The van der Waals surface area contributed by atoms with Gasteiger partial charge in [0.1, 0.15) is 0 Å². The average Bonchev–Trinajstić information content (AvgIpc) is 3.04. The lowest BCUT2D eigenvalue weighted by molar-refractivity contribution is -0.130. The monoisotopic (exact) mass is 686 g/mol. The molecule has 0 spiro atoms. The van der Waals surface area contributed by atoms with E-state index in [0.717, 1.165) is 38.5 Å². The van der Waals surface area contributed by atoms with Gasteiger partial charge in [0.25, 0.3) is 0 Å². The Bertz CT molecular complexity index is 1040. The van der Waals surface area contributed by atoms with E-state index < -0.39 is 0 Å². The van der Waals surface area contributed by atoms with Gasteiger partial charge in [0, 0.05) is 70.0 Å². The molecule has 4 amide bonds. The summed E-state index contributed by atoms with van der Waals surface area (Å²) < 4.78 is 0. The van der Waals surface area contributed by atoms with Gasteiger partial charge in [-0.2, -0.15) is 0 Å². The third-order valence-corrected chi connectivity index (χ3v) is 6.09. The van der Waals surface area contributed by atoms with E-state index in [1.54, 1.807) is 42.9 Å². The Balaban J connectivity index is -0.000000250. The topological polar surface area (TPSA) is 81.2 Å². The largest absolute Gasteiger partial charge is 0.335 e. The number of hydrogen-bond acceptors (Lipinski definition) is 4. The summed E-state index contributed by atoms with van der Waals surface area (Å²) in [6, 6.07) is 0. The molecule has 0 saturated heterocycles. The molecule has 0 aliphatic rings. The van der Waals surface area contributed by atoms with Crippen molar-refractivity contribution in [2.45, 2.75) is 91.9 Å². The van der Waals surface area contributed by atoms with Gasteiger partial charge < -0.3 is 19.6 Å². The predicted molar refractivity (Wildman–Crippen MR) is 189 cm³/mol. The maximum atomic E-state index is 11.2. The first-order valence-corrected chi connectivity index (χ1v) is 16.2. The van der Waals surface area contributed by atoms with Gasteiger partial charge >= 0.3 is 0 Å². The maximum Gasteiger partial charge on any atom is 0.223 e. The zero-order valence-corrected chi connectivity index (χ0v) is 30.8. The van der Waals surface area contributed by atoms with Gasteiger partial charge in [-0.3, -0.25) is 19.2 Å². The number of nitrogens with zero attached hydrogens (tertiary/aromatic N) is 4. The van der Waals surface area contributed by atoms with Crippen LogP contribution < -0.4 is 0 Å². The first kappa shape index (κ1) is 48.9. The molecule has 0 radical (unpaired) electrons. The van der Waals surface area contributed by atoms with Gasteiger partial charge in [-0.05, 0) is 54.1 Å². The Kier molecular flexibility index (Phi) is 40.4. The summed E-state index contributed by atoms with van der Waals surface area (Å²) in [5.41, 5.74) is 0. The smallest absolute Gasteiger partial charge is 0.223 e. The lowest BCUT2D eigenvalue weighted by Crippen LogP contribution is -2.26. The first-order chi connectivity index (χ1) is 21.4. The molecule has 254 valence electrons. The number of amides is 4. The summed E-state index contributed by atoms with van der Waals surface area (Å²) in [4.78, 5) is 50.6. The summed E-state index contributed by atoms with van der Waals surface area (Å²) in [6.45, 7) is 9.64. The minimum Gasteiger partial charge on any atom is -0.335 e. The molecule has 45 heavy (non-hydrogen) atoms. The van der Waals surface area contributed by atoms with Crippen molar-refractivity contribution in [1.29, 1.82) is 0 Å². The molecular formula is C34H53Cl3N4O4. The van der Waals surface area contributed by atoms with Crippen LogP contribution in [0.2, 0.25) is 0 Å². The third kappa shape index (κ3) is 35.3. The van der Waals surface area contributed by atoms with E-state index >= 15 is 0 Å². The molecule has 0 aliphatic carbocycles. The number of halogens is 3. The Morgan fingerprint density at radius 1 is 0.511 bits per heavy atom. The molecule has 0 aromatic carbocycles. The molecule has 0 bridgehead atoms. The van der Waals surface area contributed by atoms with Gasteiger partial charge in [0.2, 0.25) is 23.6 Å². The van der Waals surface area contributed by atoms with Crippen LogP contribution in [0.5, 0.6) is 0 Å². The summed E-state index contributed by atoms with van der Waals surface area (Å²) >= 11 is 15.4. The van der Waals surface area contributed by atoms with E-state index in [2.05, 4.69) is 53.7 Å². The van der Waals surface area contributed by atoms with Crippen molar-refractivity contribution in [3.8, 4) is 46.2 Å². The molecule has 0 saturated carbocycles. The van der Waals surface area contributed by atoms with Gasteiger partial charge in [0.05, 0.1) is 26.2 Å². The predicted octanol–water partition coefficient (Wildman–Crippen LogP) is 5.99. The van der Waals surface area contributed by atoms with E-state index in [9.17, 15) is 19.2 Å². The lowest BCUT2D eigenvalue weighted by Gasteiger charge is -2.12.